The van der Waals surface area contributed by atoms with Crippen LogP contribution in [0, 0.1) is 5.82 Å². The minimum Gasteiger partial charge on any atom is -0.456 e. The Morgan fingerprint density at radius 1 is 1.33 bits per heavy atom. The number of nitrogens with two attached hydrogens (primary N) is 1. The number of benzene rings is 2. The highest BCUT2D eigenvalue weighted by molar-refractivity contribution is 6.32. The Morgan fingerprint density at radius 3 is 2.83 bits per heavy atom. The van der Waals surface area contributed by atoms with Gasteiger partial charge in [-0.1, -0.05) is 11.6 Å². The number of nitrogens with zero attached hydrogens (tertiary/aromatic N) is 2. The lowest BCUT2D eigenvalue weighted by Gasteiger charge is -2.13. The number of primary amides is 1. The molecule has 0 aliphatic heterocycles. The van der Waals surface area contributed by atoms with Crippen LogP contribution >= 0.6 is 11.6 Å². The maximum Gasteiger partial charge on any atom is 0.234 e. The van der Waals surface area contributed by atoms with Crippen LogP contribution in [0.25, 0.3) is 11.0 Å². The first-order chi connectivity index (χ1) is 14.4. The molecule has 0 radical (unpaired) electrons. The van der Waals surface area contributed by atoms with Gasteiger partial charge in [-0.2, -0.15) is 0 Å². The summed E-state index contributed by atoms with van der Waals surface area (Å²) in [7, 11) is 0. The van der Waals surface area contributed by atoms with Crippen molar-refractivity contribution < 1.29 is 18.7 Å². The molecule has 0 fully saturated rings. The summed E-state index contributed by atoms with van der Waals surface area (Å²) in [5.74, 6) is 0.779. The summed E-state index contributed by atoms with van der Waals surface area (Å²) in [5.41, 5.74) is 6.94. The molecule has 2 aromatic carbocycles. The summed E-state index contributed by atoms with van der Waals surface area (Å²) in [6.07, 6.45) is 0. The van der Waals surface area contributed by atoms with Crippen molar-refractivity contribution in [2.45, 2.75) is 33.0 Å². The summed E-state index contributed by atoms with van der Waals surface area (Å²) in [4.78, 5) is 16.0. The van der Waals surface area contributed by atoms with Gasteiger partial charge in [0.25, 0.3) is 0 Å². The minimum absolute atomic E-state index is 0.185. The van der Waals surface area contributed by atoms with E-state index in [2.05, 4.69) is 10.3 Å². The van der Waals surface area contributed by atoms with E-state index in [1.54, 1.807) is 13.0 Å². The molecule has 0 bridgehead atoms. The number of aromatic nitrogens is 2. The van der Waals surface area contributed by atoms with E-state index in [1.807, 2.05) is 23.6 Å². The van der Waals surface area contributed by atoms with Crippen molar-refractivity contribution in [3.8, 4) is 11.5 Å². The Labute approximate surface area is 178 Å². The van der Waals surface area contributed by atoms with Crippen LogP contribution in [0.4, 0.5) is 4.39 Å². The summed E-state index contributed by atoms with van der Waals surface area (Å²) in [6, 6.07) is 8.93. The third kappa shape index (κ3) is 5.27. The largest absolute Gasteiger partial charge is 0.456 e. The number of nitrogens with one attached hydrogen (secondary N) is 1. The van der Waals surface area contributed by atoms with Crippen LogP contribution in [0.15, 0.2) is 36.4 Å². The maximum absolute atomic E-state index is 13.3. The van der Waals surface area contributed by atoms with E-state index in [0.717, 1.165) is 16.9 Å². The van der Waals surface area contributed by atoms with Crippen LogP contribution in [0.3, 0.4) is 0 Å². The third-order valence-electron chi connectivity index (χ3n) is 4.58. The lowest BCUT2D eigenvalue weighted by atomic mass is 10.3. The molecule has 1 heterocycles. The Morgan fingerprint density at radius 2 is 2.13 bits per heavy atom. The third-order valence-corrected chi connectivity index (χ3v) is 4.87. The normalized spacial score (nSPS) is 12.3. The van der Waals surface area contributed by atoms with Gasteiger partial charge >= 0.3 is 0 Å². The molecule has 7 nitrogen and oxygen atoms in total. The van der Waals surface area contributed by atoms with E-state index in [1.165, 1.54) is 18.2 Å². The van der Waals surface area contributed by atoms with Crippen LogP contribution in [0.5, 0.6) is 11.5 Å². The van der Waals surface area contributed by atoms with E-state index in [9.17, 15) is 9.18 Å². The fourth-order valence-electron chi connectivity index (χ4n) is 2.93. The molecule has 1 aromatic heterocycles. The Balaban J connectivity index is 1.91. The molecule has 3 aromatic rings. The number of carbonyl (C=O) groups excluding carboxylic acids is 1. The Kier molecular flexibility index (Phi) is 7.25. The lowest BCUT2D eigenvalue weighted by Crippen LogP contribution is -2.38. The van der Waals surface area contributed by atoms with Gasteiger partial charge in [-0.25, -0.2) is 9.37 Å². The number of halogens is 2. The number of hydrogen-bond acceptors (Lipinski definition) is 5. The van der Waals surface area contributed by atoms with Gasteiger partial charge in [-0.05, 0) is 44.2 Å². The lowest BCUT2D eigenvalue weighted by molar-refractivity contribution is -0.119. The highest BCUT2D eigenvalue weighted by Crippen LogP contribution is 2.31. The summed E-state index contributed by atoms with van der Waals surface area (Å²) in [5, 5.41) is 3.26. The number of amides is 1. The van der Waals surface area contributed by atoms with Gasteiger partial charge in [-0.15, -0.1) is 0 Å². The fourth-order valence-corrected chi connectivity index (χ4v) is 3.14. The topological polar surface area (TPSA) is 91.4 Å². The number of carbonyl (C=O) groups is 1. The zero-order chi connectivity index (χ0) is 21.7. The van der Waals surface area contributed by atoms with Crippen LogP contribution in [-0.2, 0) is 22.6 Å². The molecule has 0 spiro atoms. The number of rotatable bonds is 10. The minimum atomic E-state index is -0.482. The molecule has 1 atom stereocenters. The van der Waals surface area contributed by atoms with Gasteiger partial charge in [-0.3, -0.25) is 10.1 Å². The zero-order valence-electron chi connectivity index (χ0n) is 16.8. The van der Waals surface area contributed by atoms with Crippen LogP contribution < -0.4 is 15.8 Å². The number of ether oxygens (including phenoxy) is 2. The Hall–Kier alpha value is -2.68. The second-order valence-corrected chi connectivity index (χ2v) is 7.12. The van der Waals surface area contributed by atoms with Crippen LogP contribution in [-0.4, -0.2) is 34.7 Å². The fraction of sp³-hybridized carbons (Fsp3) is 0.333. The molecular formula is C21H24ClFN4O3. The number of fused-ring (bicyclic) bond motifs is 1. The molecule has 160 valence electrons. The van der Waals surface area contributed by atoms with E-state index < -0.39 is 17.8 Å². The molecule has 0 unspecified atom stereocenters. The predicted octanol–water partition coefficient (Wildman–Crippen LogP) is 3.62. The monoisotopic (exact) mass is 434 g/mol. The molecule has 30 heavy (non-hydrogen) atoms. The second-order valence-electron chi connectivity index (χ2n) is 6.71. The second kappa shape index (κ2) is 9.88. The highest BCUT2D eigenvalue weighted by Gasteiger charge is 2.15. The van der Waals surface area contributed by atoms with E-state index >= 15 is 0 Å². The van der Waals surface area contributed by atoms with Crippen molar-refractivity contribution in [3.05, 3.63) is 53.1 Å². The Bertz CT molecular complexity index is 1040. The first-order valence-corrected chi connectivity index (χ1v) is 9.99. The van der Waals surface area contributed by atoms with Gasteiger partial charge in [0.2, 0.25) is 5.91 Å². The summed E-state index contributed by atoms with van der Waals surface area (Å²) < 4.78 is 26.6. The van der Waals surface area contributed by atoms with Crippen molar-refractivity contribution in [2.24, 2.45) is 5.73 Å². The maximum atomic E-state index is 13.3. The molecule has 0 saturated carbocycles. The summed E-state index contributed by atoms with van der Waals surface area (Å²) in [6.45, 7) is 5.69. The first-order valence-electron chi connectivity index (χ1n) is 9.61. The molecule has 0 saturated heterocycles. The predicted molar refractivity (Wildman–Crippen MR) is 113 cm³/mol. The molecule has 9 heteroatoms. The van der Waals surface area contributed by atoms with Gasteiger partial charge in [0, 0.05) is 19.2 Å². The molecule has 3 N–H and O–H groups in total. The SMILES string of the molecule is CCOCCn1c(CN[C@@H](C)C(N)=O)nc2ccc(Oc3ccc(F)cc3Cl)cc21. The van der Waals surface area contributed by atoms with Crippen molar-refractivity contribution in [3.63, 3.8) is 0 Å². The van der Waals surface area contributed by atoms with Crippen LogP contribution in [0.1, 0.15) is 19.7 Å². The number of imidazole rings is 1. The van der Waals surface area contributed by atoms with E-state index in [-0.39, 0.29) is 5.02 Å². The van der Waals surface area contributed by atoms with Gasteiger partial charge in [0.05, 0.1) is 35.2 Å². The van der Waals surface area contributed by atoms with E-state index in [4.69, 9.17) is 26.8 Å². The quantitative estimate of drug-likeness (QED) is 0.475. The number of hydrogen-bond donors (Lipinski definition) is 2. The van der Waals surface area contributed by atoms with Crippen molar-refractivity contribution in [2.75, 3.05) is 13.2 Å². The standard InChI is InChI=1S/C21H24ClFN4O3/c1-3-29-9-8-27-18-11-15(30-19-7-4-14(23)10-16(19)22)5-6-17(18)26-20(27)12-25-13(2)21(24)28/h4-7,10-11,13,25H,3,8-9,12H2,1-2H3,(H2,24,28)/t13-/m0/s1. The van der Waals surface area contributed by atoms with Crippen molar-refractivity contribution in [1.29, 1.82) is 0 Å². The smallest absolute Gasteiger partial charge is 0.234 e. The van der Waals surface area contributed by atoms with Crippen molar-refractivity contribution in [1.82, 2.24) is 14.9 Å². The van der Waals surface area contributed by atoms with E-state index in [0.29, 0.717) is 37.8 Å². The summed E-state index contributed by atoms with van der Waals surface area (Å²) >= 11 is 6.07. The first kappa shape index (κ1) is 22.0. The molecule has 1 amide bonds. The average molecular weight is 435 g/mol. The molecular weight excluding hydrogens is 411 g/mol. The zero-order valence-corrected chi connectivity index (χ0v) is 17.6. The van der Waals surface area contributed by atoms with Crippen molar-refractivity contribution >= 4 is 28.5 Å². The van der Waals surface area contributed by atoms with Gasteiger partial charge < -0.3 is 19.8 Å². The van der Waals surface area contributed by atoms with Gasteiger partial charge in [0.1, 0.15) is 23.1 Å². The highest BCUT2D eigenvalue weighted by atomic mass is 35.5. The molecule has 3 rings (SSSR count). The molecule has 0 aliphatic rings. The average Bonchev–Trinajstić information content (AvgIpc) is 3.05. The van der Waals surface area contributed by atoms with Gasteiger partial charge in [0.15, 0.2) is 0 Å². The molecule has 0 aliphatic carbocycles. The van der Waals surface area contributed by atoms with Crippen LogP contribution in [0.2, 0.25) is 5.02 Å².